The number of phenols is 1. The highest BCUT2D eigenvalue weighted by Crippen LogP contribution is 2.29. The molecule has 37 nitrogen and oxygen atoms in total. The van der Waals surface area contributed by atoms with Crippen LogP contribution < -0.4 is 59.3 Å². The summed E-state index contributed by atoms with van der Waals surface area (Å²) < 4.78 is 45.1. The molecule has 5 aromatic carbocycles. The molecular formula is C92H116F3N17O20S. The predicted octanol–water partition coefficient (Wildman–Crippen LogP) is 0.707. The molecule has 16 amide bonds. The lowest BCUT2D eigenvalue weighted by atomic mass is 9.98. The molecule has 6 aromatic rings. The van der Waals surface area contributed by atoms with Crippen LogP contribution in [0, 0.1) is 29.3 Å². The summed E-state index contributed by atoms with van der Waals surface area (Å²) in [6.45, 7) is 6.65. The number of amides is 16. The topological polar surface area (TPSA) is 543 Å². The minimum Gasteiger partial charge on any atom is -0.508 e. The Bertz CT molecular complexity index is 5210. The van der Waals surface area contributed by atoms with E-state index in [1.807, 2.05) is 0 Å². The number of unbranched alkanes of at least 4 members (excludes halogenated alkanes) is 1. The molecule has 4 heterocycles. The first kappa shape index (κ1) is 103. The Morgan fingerprint density at radius 1 is 0.534 bits per heavy atom. The zero-order valence-corrected chi connectivity index (χ0v) is 75.8. The van der Waals surface area contributed by atoms with Crippen molar-refractivity contribution in [3.05, 3.63) is 173 Å². The summed E-state index contributed by atoms with van der Waals surface area (Å²) >= 11 is 0.657. The van der Waals surface area contributed by atoms with Crippen molar-refractivity contribution in [3.8, 4) is 5.75 Å². The fourth-order valence-electron chi connectivity index (χ4n) is 16.3. The molecular weight excluding hydrogens is 1750 g/mol. The first-order valence-corrected chi connectivity index (χ1v) is 45.0. The minimum atomic E-state index is -1.98. The second-order valence-corrected chi connectivity index (χ2v) is 35.4. The van der Waals surface area contributed by atoms with Gasteiger partial charge in [0.2, 0.25) is 94.5 Å². The smallest absolute Gasteiger partial charge is 0.305 e. The number of carbonyl (C=O) groups is 17. The van der Waals surface area contributed by atoms with Gasteiger partial charge in [-0.25, -0.2) is 13.2 Å². The van der Waals surface area contributed by atoms with Crippen LogP contribution in [-0.2, 0) is 114 Å². The number of aromatic amines is 1. The second-order valence-electron chi connectivity index (χ2n) is 34.3. The summed E-state index contributed by atoms with van der Waals surface area (Å²) in [5, 5.41) is 55.8. The molecule has 17 N–H and O–H groups in total. The Hall–Kier alpha value is -13.5. The number of aliphatic hydroxyl groups is 1. The van der Waals surface area contributed by atoms with Gasteiger partial charge in [-0.2, -0.15) is 0 Å². The number of primary amides is 2. The van der Waals surface area contributed by atoms with Gasteiger partial charge >= 0.3 is 5.97 Å². The van der Waals surface area contributed by atoms with Gasteiger partial charge < -0.3 is 104 Å². The summed E-state index contributed by atoms with van der Waals surface area (Å²) in [5.74, 6) is -26.4. The average molecular weight is 1870 g/mol. The van der Waals surface area contributed by atoms with Gasteiger partial charge in [0.05, 0.1) is 31.2 Å². The number of carboxylic acids is 1. The number of H-pyrrole nitrogens is 1. The number of aromatic hydroxyl groups is 1. The molecule has 0 spiro atoms. The molecule has 3 aliphatic rings. The molecule has 133 heavy (non-hydrogen) atoms. The molecule has 3 fully saturated rings. The number of nitrogens with zero attached hydrogens (tertiary/aromatic N) is 5. The first-order chi connectivity index (χ1) is 63.1. The van der Waals surface area contributed by atoms with E-state index in [4.69, 9.17) is 11.5 Å². The summed E-state index contributed by atoms with van der Waals surface area (Å²) in [5.41, 5.74) is 13.1. The third-order valence-electron chi connectivity index (χ3n) is 23.4. The van der Waals surface area contributed by atoms with Gasteiger partial charge in [0.15, 0.2) is 17.5 Å². The number of fused-ring (bicyclic) bond motifs is 3. The molecule has 0 radical (unpaired) electrons. The Balaban J connectivity index is 1.14. The summed E-state index contributed by atoms with van der Waals surface area (Å²) in [6.07, 6.45) is -4.08. The fourth-order valence-corrected chi connectivity index (χ4v) is 17.2. The van der Waals surface area contributed by atoms with Crippen LogP contribution in [0.4, 0.5) is 13.2 Å². The average Bonchev–Trinajstić information content (AvgIpc) is 1.39. The number of rotatable bonds is 23. The van der Waals surface area contributed by atoms with Crippen molar-refractivity contribution in [2.24, 2.45) is 23.3 Å². The Morgan fingerprint density at radius 2 is 1.08 bits per heavy atom. The number of nitrogens with one attached hydrogen (secondary N) is 10. The Morgan fingerprint density at radius 3 is 1.68 bits per heavy atom. The molecule has 0 aliphatic carbocycles. The van der Waals surface area contributed by atoms with Crippen molar-refractivity contribution in [1.29, 1.82) is 0 Å². The van der Waals surface area contributed by atoms with Gasteiger partial charge in [-0.1, -0.05) is 138 Å². The highest BCUT2D eigenvalue weighted by atomic mass is 32.2. The van der Waals surface area contributed by atoms with Crippen molar-refractivity contribution >= 4 is 123 Å². The Kier molecular flexibility index (Phi) is 37.3. The number of nitrogens with two attached hydrogens (primary N) is 2. The van der Waals surface area contributed by atoms with E-state index in [9.17, 15) is 58.1 Å². The van der Waals surface area contributed by atoms with E-state index < -0.39 is 271 Å². The SMILES string of the molecule is CCCC[C@H]1C(=O)N2CCC[C@@H]2C(=O)N[C@@H](CC(=O)O)C(=O)N[C@@H](C(C)C)C(=O)N(C)[C@@H](Cc2ccccc2)C(=O)N[C@@H](CC(N)=O)C(=O)N2C[C@H](O)C[C@H]2C(=O)N[C@@H](Cc2c[nH]c3ccccc23)C(=O)N[C@@H](Cc2ccc(O)cc2)C(=O)N[C@@H](CC(C)C)C(=O)N[C@H](C(=O)NCC(N)=O)CSCC(=O)N[C@@H](Cc2cc(F)c(F)c(F)c2)C(=O)N(C)[C@@H](Cc2ccccc2)C(=O)N1C. The van der Waals surface area contributed by atoms with Gasteiger partial charge in [-0.15, -0.1) is 11.8 Å². The Labute approximate surface area is 770 Å². The summed E-state index contributed by atoms with van der Waals surface area (Å²) in [7, 11) is 3.66. The lowest BCUT2D eigenvalue weighted by molar-refractivity contribution is -0.152. The van der Waals surface area contributed by atoms with Crippen molar-refractivity contribution in [2.75, 3.05) is 52.3 Å². The van der Waals surface area contributed by atoms with Crippen LogP contribution in [0.1, 0.15) is 120 Å². The van der Waals surface area contributed by atoms with E-state index in [1.165, 1.54) is 59.3 Å². The minimum absolute atomic E-state index is 0.0605. The van der Waals surface area contributed by atoms with Crippen LogP contribution in [0.2, 0.25) is 0 Å². The zero-order chi connectivity index (χ0) is 97.4. The lowest BCUT2D eigenvalue weighted by Gasteiger charge is -2.38. The highest BCUT2D eigenvalue weighted by molar-refractivity contribution is 8.00. The van der Waals surface area contributed by atoms with Crippen molar-refractivity contribution in [1.82, 2.24) is 77.3 Å². The molecule has 0 saturated carbocycles. The van der Waals surface area contributed by atoms with Crippen molar-refractivity contribution < 1.29 is 110 Å². The maximum atomic E-state index is 15.7. The number of aliphatic carboxylic acids is 1. The number of aliphatic hydroxyl groups excluding tert-OH is 1. The van der Waals surface area contributed by atoms with E-state index >= 15 is 51.9 Å². The third-order valence-corrected chi connectivity index (χ3v) is 24.5. The van der Waals surface area contributed by atoms with E-state index in [0.717, 1.165) is 24.5 Å². The molecule has 0 unspecified atom stereocenters. The number of aromatic nitrogens is 1. The molecule has 9 rings (SSSR count). The number of thioether (sulfide) groups is 1. The number of likely N-dealkylation sites (N-methyl/N-ethyl adjacent to an activating group) is 3. The highest BCUT2D eigenvalue weighted by Gasteiger charge is 2.48. The quantitative estimate of drug-likeness (QED) is 0.0393. The number of carbonyl (C=O) groups excluding carboxylic acids is 16. The predicted molar refractivity (Wildman–Crippen MR) is 480 cm³/mol. The lowest BCUT2D eigenvalue weighted by Crippen LogP contribution is -2.62. The fraction of sp³-hybridized carbons (Fsp3) is 0.467. The van der Waals surface area contributed by atoms with Crippen LogP contribution in [0.3, 0.4) is 0 Å². The van der Waals surface area contributed by atoms with Gasteiger partial charge in [0.25, 0.3) is 0 Å². The maximum Gasteiger partial charge on any atom is 0.305 e. The normalized spacial score (nSPS) is 24.1. The number of benzene rings is 5. The van der Waals surface area contributed by atoms with E-state index in [-0.39, 0.29) is 69.2 Å². The number of halogens is 3. The van der Waals surface area contributed by atoms with Gasteiger partial charge in [-0.3, -0.25) is 81.5 Å². The largest absolute Gasteiger partial charge is 0.508 e. The van der Waals surface area contributed by atoms with Crippen LogP contribution >= 0.6 is 11.8 Å². The first-order valence-electron chi connectivity index (χ1n) is 43.8. The molecule has 41 heteroatoms. The van der Waals surface area contributed by atoms with Gasteiger partial charge in [-0.05, 0) is 95.7 Å². The summed E-state index contributed by atoms with van der Waals surface area (Å²) in [4.78, 5) is 258. The molecule has 716 valence electrons. The number of carboxylic acid groups (broad SMARTS) is 1. The van der Waals surface area contributed by atoms with Crippen molar-refractivity contribution in [2.45, 2.75) is 209 Å². The number of phenolic OH excluding ortho intramolecular Hbond substituents is 1. The maximum absolute atomic E-state index is 15.7. The second kappa shape index (κ2) is 48.1. The van der Waals surface area contributed by atoms with Crippen LogP contribution in [0.15, 0.2) is 128 Å². The monoisotopic (exact) mass is 1870 g/mol. The van der Waals surface area contributed by atoms with Crippen LogP contribution in [0.25, 0.3) is 10.9 Å². The zero-order valence-electron chi connectivity index (χ0n) is 75.0. The van der Waals surface area contributed by atoms with Gasteiger partial charge in [0.1, 0.15) is 84.3 Å². The molecule has 1 aromatic heterocycles. The third kappa shape index (κ3) is 28.5. The van der Waals surface area contributed by atoms with Crippen molar-refractivity contribution in [3.63, 3.8) is 0 Å². The van der Waals surface area contributed by atoms with Crippen LogP contribution in [0.5, 0.6) is 5.75 Å². The summed E-state index contributed by atoms with van der Waals surface area (Å²) in [6, 6.07) is 7.68. The standard InChI is InChI=1S/C92H116F3N17O20S/c1-9-10-26-70-91(131)111-32-19-27-69(111)85(125)104-65(43-77(118)119)84(124)107-79(50(4)5)92(132)109(7)71(38-51-20-13-11-14-21-51)86(126)105-67(42-74(96)115)89(129)112-46-57(114)41-72(112)87(127)103-64(40-55-44-98-61-25-18-17-24-58(55)61)83(123)102-63(36-53-28-30-56(113)31-29-53)82(122)101-62(33-49(2)3)81(121)106-68(80(120)99-45-75(97)116)47-133-48-76(117)100-66(37-54-34-59(93)78(95)60(94)35-54)88(128)110(8)73(90(130)108(70)6)39-52-22-15-12-16-23-52/h11-18,20-25,28-31,34-35,44,49-50,57,62-73,79,98,113-114H,9-10,19,26-27,32-33,36-43,45-48H2,1-8H3,(H2,96,115)(H2,97,116)(H,99,120)(H,100,117)(H,101,122)(H,102,123)(H,103,127)(H,104,125)(H,105,126)(H,106,121)(H,107,124)(H,118,119)/t57-,62+,63+,64+,65+,66+,67+,68+,69-,70+,71+,72+,73+,79+/m1/s1. The molecule has 3 saturated heterocycles. The van der Waals surface area contributed by atoms with E-state index in [1.54, 1.807) is 112 Å². The van der Waals surface area contributed by atoms with E-state index in [2.05, 4.69) is 52.8 Å². The number of hydrogen-bond acceptors (Lipinski definition) is 20. The van der Waals surface area contributed by atoms with E-state index in [0.29, 0.717) is 63.5 Å². The molecule has 3 aliphatic heterocycles. The van der Waals surface area contributed by atoms with Gasteiger partial charge in [0, 0.05) is 95.6 Å². The molecule has 0 bridgehead atoms. The number of para-hydroxylation sites is 1. The van der Waals surface area contributed by atoms with Crippen LogP contribution in [-0.4, -0.2) is 282 Å². The number of hydrogen-bond donors (Lipinski definition) is 15. The molecule has 14 atom stereocenters.